The molecule has 0 radical (unpaired) electrons. The highest BCUT2D eigenvalue weighted by Gasteiger charge is 2.28. The molecule has 3 aromatic rings. The number of benzene rings is 3. The van der Waals surface area contributed by atoms with E-state index >= 15 is 0 Å². The molecule has 0 saturated carbocycles. The summed E-state index contributed by atoms with van der Waals surface area (Å²) in [7, 11) is -3.65. The van der Waals surface area contributed by atoms with E-state index in [1.807, 2.05) is 30.3 Å². The van der Waals surface area contributed by atoms with Gasteiger partial charge in [-0.15, -0.1) is 0 Å². The number of sulfonamides is 1. The predicted molar refractivity (Wildman–Crippen MR) is 132 cm³/mol. The highest BCUT2D eigenvalue weighted by atomic mass is 32.2. The van der Waals surface area contributed by atoms with Crippen molar-refractivity contribution < 1.29 is 23.1 Å². The van der Waals surface area contributed by atoms with E-state index < -0.39 is 16.0 Å². The van der Waals surface area contributed by atoms with Crippen LogP contribution in [0.15, 0.2) is 77.7 Å². The Balaban J connectivity index is 1.31. The first kappa shape index (κ1) is 23.9. The smallest absolute Gasteiger partial charge is 0.328 e. The lowest BCUT2D eigenvalue weighted by Crippen LogP contribution is -2.49. The van der Waals surface area contributed by atoms with Crippen LogP contribution in [0.25, 0.3) is 16.3 Å². The lowest BCUT2D eigenvalue weighted by atomic mass is 10.1. The van der Waals surface area contributed by atoms with E-state index in [4.69, 9.17) is 9.84 Å². The molecular weight excluding hydrogens is 452 g/mol. The van der Waals surface area contributed by atoms with Crippen molar-refractivity contribution in [2.45, 2.75) is 11.8 Å². The van der Waals surface area contributed by atoms with Crippen LogP contribution in [0, 0.1) is 0 Å². The molecule has 0 atom stereocenters. The van der Waals surface area contributed by atoms with Crippen LogP contribution in [0.4, 0.5) is 0 Å². The molecule has 1 N–H and O–H groups in total. The average Bonchev–Trinajstić information content (AvgIpc) is 2.84. The fraction of sp³-hybridized carbons (Fsp3) is 0.269. The summed E-state index contributed by atoms with van der Waals surface area (Å²) in [4.78, 5) is 13.3. The SMILES string of the molecule is C/C(=C\C(=O)O)c1cccc(S(=O)(=O)N2CCN(CCOc3ccc4ccccc4c3)CC2)c1. The molecule has 3 aromatic carbocycles. The number of nitrogens with zero attached hydrogens (tertiary/aromatic N) is 2. The fourth-order valence-corrected chi connectivity index (χ4v) is 5.53. The standard InChI is InChI=1S/C26H28N2O5S/c1-20(17-26(29)30)22-7-4-8-25(19-22)34(31,32)28-13-11-27(12-14-28)15-16-33-24-10-9-21-5-2-3-6-23(21)18-24/h2-10,17-19H,11-16H2,1H3,(H,29,30)/b20-17+. The summed E-state index contributed by atoms with van der Waals surface area (Å²) in [5.74, 6) is -0.237. The van der Waals surface area contributed by atoms with Gasteiger partial charge >= 0.3 is 5.97 Å². The number of carboxylic acid groups (broad SMARTS) is 1. The van der Waals surface area contributed by atoms with Gasteiger partial charge in [-0.3, -0.25) is 4.90 Å². The molecule has 0 unspecified atom stereocenters. The molecule has 1 aliphatic rings. The Kier molecular flexibility index (Phi) is 7.31. The van der Waals surface area contributed by atoms with Crippen LogP contribution in [-0.2, 0) is 14.8 Å². The minimum atomic E-state index is -3.65. The third kappa shape index (κ3) is 5.64. The van der Waals surface area contributed by atoms with Crippen LogP contribution >= 0.6 is 0 Å². The zero-order chi connectivity index (χ0) is 24.1. The van der Waals surface area contributed by atoms with Crippen LogP contribution < -0.4 is 4.74 Å². The lowest BCUT2D eigenvalue weighted by molar-refractivity contribution is -0.131. The van der Waals surface area contributed by atoms with Crippen LogP contribution in [0.1, 0.15) is 12.5 Å². The summed E-state index contributed by atoms with van der Waals surface area (Å²) in [6, 6.07) is 20.6. The summed E-state index contributed by atoms with van der Waals surface area (Å²) >= 11 is 0. The van der Waals surface area contributed by atoms with E-state index in [-0.39, 0.29) is 4.90 Å². The van der Waals surface area contributed by atoms with Gasteiger partial charge in [0.15, 0.2) is 0 Å². The number of allylic oxidation sites excluding steroid dienone is 1. The van der Waals surface area contributed by atoms with E-state index in [2.05, 4.69) is 17.0 Å². The Morgan fingerprint density at radius 1 is 0.971 bits per heavy atom. The molecule has 178 valence electrons. The van der Waals surface area contributed by atoms with Crippen molar-refractivity contribution in [3.63, 3.8) is 0 Å². The highest BCUT2D eigenvalue weighted by molar-refractivity contribution is 7.89. The van der Waals surface area contributed by atoms with Crippen molar-refractivity contribution in [1.82, 2.24) is 9.21 Å². The summed E-state index contributed by atoms with van der Waals surface area (Å²) in [6.07, 6.45) is 1.07. The first-order chi connectivity index (χ1) is 16.3. The number of ether oxygens (including phenoxy) is 1. The molecule has 34 heavy (non-hydrogen) atoms. The fourth-order valence-electron chi connectivity index (χ4n) is 4.06. The third-order valence-corrected chi connectivity index (χ3v) is 7.89. The van der Waals surface area contributed by atoms with E-state index in [0.29, 0.717) is 43.9 Å². The summed E-state index contributed by atoms with van der Waals surface area (Å²) in [6.45, 7) is 4.94. The molecule has 1 saturated heterocycles. The second-order valence-electron chi connectivity index (χ2n) is 8.30. The number of hydrogen-bond acceptors (Lipinski definition) is 5. The van der Waals surface area contributed by atoms with Gasteiger partial charge < -0.3 is 9.84 Å². The number of aliphatic carboxylic acids is 1. The molecule has 0 bridgehead atoms. The number of piperazine rings is 1. The quantitative estimate of drug-likeness (QED) is 0.495. The average molecular weight is 481 g/mol. The second-order valence-corrected chi connectivity index (χ2v) is 10.2. The van der Waals surface area contributed by atoms with Crippen molar-refractivity contribution in [3.8, 4) is 5.75 Å². The molecule has 4 rings (SSSR count). The number of hydrogen-bond donors (Lipinski definition) is 1. The minimum Gasteiger partial charge on any atom is -0.492 e. The summed E-state index contributed by atoms with van der Waals surface area (Å²) in [5, 5.41) is 11.3. The largest absolute Gasteiger partial charge is 0.492 e. The Hall–Kier alpha value is -3.20. The molecular formula is C26H28N2O5S. The van der Waals surface area contributed by atoms with Gasteiger partial charge in [-0.2, -0.15) is 4.31 Å². The molecule has 8 heteroatoms. The van der Waals surface area contributed by atoms with Crippen molar-refractivity contribution in [2.24, 2.45) is 0 Å². The van der Waals surface area contributed by atoms with Gasteiger partial charge in [0.25, 0.3) is 0 Å². The van der Waals surface area contributed by atoms with E-state index in [0.717, 1.165) is 23.8 Å². The molecule has 1 aliphatic heterocycles. The molecule has 0 amide bonds. The normalized spacial score (nSPS) is 16.0. The van der Waals surface area contributed by atoms with Crippen molar-refractivity contribution >= 4 is 32.3 Å². The van der Waals surface area contributed by atoms with Gasteiger partial charge in [0, 0.05) is 38.8 Å². The van der Waals surface area contributed by atoms with Crippen LogP contribution in [0.2, 0.25) is 0 Å². The Bertz CT molecular complexity index is 1310. The Morgan fingerprint density at radius 2 is 1.71 bits per heavy atom. The monoisotopic (exact) mass is 480 g/mol. The zero-order valence-electron chi connectivity index (χ0n) is 19.1. The summed E-state index contributed by atoms with van der Waals surface area (Å²) in [5.41, 5.74) is 1.08. The maximum absolute atomic E-state index is 13.1. The number of carbonyl (C=O) groups is 1. The van der Waals surface area contributed by atoms with Crippen LogP contribution in [0.3, 0.4) is 0 Å². The van der Waals surface area contributed by atoms with E-state index in [1.165, 1.54) is 15.8 Å². The topological polar surface area (TPSA) is 87.1 Å². The van der Waals surface area contributed by atoms with Crippen LogP contribution in [0.5, 0.6) is 5.75 Å². The summed E-state index contributed by atoms with van der Waals surface area (Å²) < 4.78 is 33.7. The maximum atomic E-state index is 13.1. The first-order valence-corrected chi connectivity index (χ1v) is 12.6. The van der Waals surface area contributed by atoms with Crippen molar-refractivity contribution in [1.29, 1.82) is 0 Å². The van der Waals surface area contributed by atoms with Gasteiger partial charge in [0.1, 0.15) is 12.4 Å². The molecule has 0 aliphatic carbocycles. The number of carboxylic acids is 1. The van der Waals surface area contributed by atoms with Crippen molar-refractivity contribution in [3.05, 3.63) is 78.4 Å². The van der Waals surface area contributed by atoms with E-state index in [9.17, 15) is 13.2 Å². The van der Waals surface area contributed by atoms with Gasteiger partial charge in [0.2, 0.25) is 10.0 Å². The van der Waals surface area contributed by atoms with Gasteiger partial charge in [-0.05, 0) is 53.1 Å². The van der Waals surface area contributed by atoms with Crippen LogP contribution in [-0.4, -0.2) is 68.0 Å². The maximum Gasteiger partial charge on any atom is 0.328 e. The van der Waals surface area contributed by atoms with Crippen molar-refractivity contribution in [2.75, 3.05) is 39.3 Å². The number of fused-ring (bicyclic) bond motifs is 1. The zero-order valence-corrected chi connectivity index (χ0v) is 19.9. The Morgan fingerprint density at radius 3 is 2.44 bits per heavy atom. The van der Waals surface area contributed by atoms with Gasteiger partial charge in [0.05, 0.1) is 4.90 Å². The Labute approximate surface area is 199 Å². The minimum absolute atomic E-state index is 0.177. The molecule has 1 fully saturated rings. The third-order valence-electron chi connectivity index (χ3n) is 6.00. The highest BCUT2D eigenvalue weighted by Crippen LogP contribution is 2.23. The first-order valence-electron chi connectivity index (χ1n) is 11.2. The second kappa shape index (κ2) is 10.4. The van der Waals surface area contributed by atoms with Gasteiger partial charge in [-0.1, -0.05) is 42.5 Å². The molecule has 0 aromatic heterocycles. The lowest BCUT2D eigenvalue weighted by Gasteiger charge is -2.33. The molecule has 1 heterocycles. The van der Waals surface area contributed by atoms with Gasteiger partial charge in [-0.25, -0.2) is 13.2 Å². The molecule has 0 spiro atoms. The molecule has 7 nitrogen and oxygen atoms in total. The van der Waals surface area contributed by atoms with E-state index in [1.54, 1.807) is 25.1 Å². The number of rotatable bonds is 8. The predicted octanol–water partition coefficient (Wildman–Crippen LogP) is 3.71.